The quantitative estimate of drug-likeness (QED) is 0.882. The molecule has 0 radical (unpaired) electrons. The van der Waals surface area contributed by atoms with Crippen molar-refractivity contribution in [3.63, 3.8) is 0 Å². The van der Waals surface area contributed by atoms with E-state index in [-0.39, 0.29) is 23.7 Å². The second-order valence-electron chi connectivity index (χ2n) is 4.87. The Bertz CT molecular complexity index is 542. The van der Waals surface area contributed by atoms with Gasteiger partial charge in [-0.1, -0.05) is 6.07 Å². The van der Waals surface area contributed by atoms with Crippen LogP contribution in [-0.4, -0.2) is 22.9 Å². The Balaban J connectivity index is 1.93. The van der Waals surface area contributed by atoms with Crippen LogP contribution in [0.1, 0.15) is 25.5 Å². The van der Waals surface area contributed by atoms with E-state index in [0.717, 1.165) is 5.56 Å². The molecule has 2 rings (SSSR count). The van der Waals surface area contributed by atoms with Gasteiger partial charge < -0.3 is 10.1 Å². The standard InChI is InChI=1S/C15H20FN3O/c1-11(12(2)19-8-4-7-18-19)17-10-13-5-6-15(20-3)14(16)9-13/h4-9,11-12,17H,10H2,1-3H3/t11-,12-/m0/s1. The van der Waals surface area contributed by atoms with Crippen molar-refractivity contribution >= 4 is 0 Å². The molecular formula is C15H20FN3O. The fourth-order valence-electron chi connectivity index (χ4n) is 2.02. The number of halogens is 1. The molecule has 0 aliphatic rings. The molecule has 4 nitrogen and oxygen atoms in total. The molecule has 1 aromatic carbocycles. The first-order valence-electron chi connectivity index (χ1n) is 6.66. The molecule has 0 fully saturated rings. The fraction of sp³-hybridized carbons (Fsp3) is 0.400. The highest BCUT2D eigenvalue weighted by Crippen LogP contribution is 2.18. The van der Waals surface area contributed by atoms with Gasteiger partial charge in [-0.15, -0.1) is 0 Å². The SMILES string of the molecule is COc1ccc(CN[C@@H](C)[C@H](C)n2cccn2)cc1F. The van der Waals surface area contributed by atoms with Crippen molar-refractivity contribution in [3.05, 3.63) is 48.0 Å². The molecule has 108 valence electrons. The highest BCUT2D eigenvalue weighted by molar-refractivity contribution is 5.29. The highest BCUT2D eigenvalue weighted by atomic mass is 19.1. The Morgan fingerprint density at radius 1 is 1.40 bits per heavy atom. The molecule has 0 saturated heterocycles. The zero-order chi connectivity index (χ0) is 14.5. The van der Waals surface area contributed by atoms with Crippen LogP contribution in [0.25, 0.3) is 0 Å². The van der Waals surface area contributed by atoms with Crippen LogP contribution in [0.5, 0.6) is 5.75 Å². The van der Waals surface area contributed by atoms with E-state index in [2.05, 4.69) is 24.3 Å². The fourth-order valence-corrected chi connectivity index (χ4v) is 2.02. The molecule has 0 unspecified atom stereocenters. The summed E-state index contributed by atoms with van der Waals surface area (Å²) >= 11 is 0. The van der Waals surface area contributed by atoms with E-state index >= 15 is 0 Å². The summed E-state index contributed by atoms with van der Waals surface area (Å²) in [6, 6.07) is 7.36. The molecule has 0 amide bonds. The van der Waals surface area contributed by atoms with Crippen LogP contribution in [0.2, 0.25) is 0 Å². The molecule has 0 aliphatic carbocycles. The number of methoxy groups -OCH3 is 1. The number of hydrogen-bond donors (Lipinski definition) is 1. The predicted molar refractivity (Wildman–Crippen MR) is 76.2 cm³/mol. The minimum Gasteiger partial charge on any atom is -0.494 e. The predicted octanol–water partition coefficient (Wildman–Crippen LogP) is 2.77. The van der Waals surface area contributed by atoms with Gasteiger partial charge in [-0.05, 0) is 37.6 Å². The summed E-state index contributed by atoms with van der Waals surface area (Å²) in [5, 5.41) is 7.61. The average Bonchev–Trinajstić information content (AvgIpc) is 2.98. The van der Waals surface area contributed by atoms with E-state index in [0.29, 0.717) is 6.54 Å². The second kappa shape index (κ2) is 6.52. The first kappa shape index (κ1) is 14.5. The summed E-state index contributed by atoms with van der Waals surface area (Å²) in [5.41, 5.74) is 0.891. The van der Waals surface area contributed by atoms with Crippen molar-refractivity contribution in [1.29, 1.82) is 0 Å². The van der Waals surface area contributed by atoms with E-state index in [1.54, 1.807) is 12.3 Å². The van der Waals surface area contributed by atoms with Gasteiger partial charge >= 0.3 is 0 Å². The Morgan fingerprint density at radius 2 is 2.20 bits per heavy atom. The van der Waals surface area contributed by atoms with Crippen LogP contribution in [0, 0.1) is 5.82 Å². The third-order valence-electron chi connectivity index (χ3n) is 3.51. The van der Waals surface area contributed by atoms with Crippen molar-refractivity contribution in [2.24, 2.45) is 0 Å². The summed E-state index contributed by atoms with van der Waals surface area (Å²) in [4.78, 5) is 0. The summed E-state index contributed by atoms with van der Waals surface area (Å²) < 4.78 is 20.4. The van der Waals surface area contributed by atoms with Gasteiger partial charge in [0.05, 0.1) is 13.2 Å². The summed E-state index contributed by atoms with van der Waals surface area (Å²) in [5.74, 6) is -0.0636. The van der Waals surface area contributed by atoms with Crippen LogP contribution in [0.15, 0.2) is 36.7 Å². The number of rotatable bonds is 6. The molecule has 0 bridgehead atoms. The van der Waals surface area contributed by atoms with Crippen LogP contribution in [0.4, 0.5) is 4.39 Å². The lowest BCUT2D eigenvalue weighted by atomic mass is 10.1. The van der Waals surface area contributed by atoms with Gasteiger partial charge in [0.1, 0.15) is 0 Å². The molecule has 0 spiro atoms. The Labute approximate surface area is 118 Å². The van der Waals surface area contributed by atoms with Crippen LogP contribution in [0.3, 0.4) is 0 Å². The second-order valence-corrected chi connectivity index (χ2v) is 4.87. The monoisotopic (exact) mass is 277 g/mol. The van der Waals surface area contributed by atoms with E-state index in [1.807, 2.05) is 23.0 Å². The molecule has 0 aliphatic heterocycles. The normalized spacial score (nSPS) is 14.0. The minimum atomic E-state index is -0.334. The number of ether oxygens (including phenoxy) is 1. The highest BCUT2D eigenvalue weighted by Gasteiger charge is 2.13. The van der Waals surface area contributed by atoms with E-state index in [4.69, 9.17) is 4.74 Å². The third kappa shape index (κ3) is 3.36. The van der Waals surface area contributed by atoms with Gasteiger partial charge in [0, 0.05) is 25.0 Å². The van der Waals surface area contributed by atoms with Gasteiger partial charge in [-0.3, -0.25) is 4.68 Å². The zero-order valence-electron chi connectivity index (χ0n) is 12.0. The Kier molecular flexibility index (Phi) is 4.74. The van der Waals surface area contributed by atoms with Crippen LogP contribution < -0.4 is 10.1 Å². The molecule has 1 aromatic heterocycles. The van der Waals surface area contributed by atoms with Crippen molar-refractivity contribution in [2.45, 2.75) is 32.5 Å². The molecule has 20 heavy (non-hydrogen) atoms. The van der Waals surface area contributed by atoms with E-state index in [1.165, 1.54) is 13.2 Å². The number of benzene rings is 1. The molecule has 1 N–H and O–H groups in total. The molecule has 1 heterocycles. The molecule has 0 saturated carbocycles. The van der Waals surface area contributed by atoms with Crippen molar-refractivity contribution in [3.8, 4) is 5.75 Å². The first-order chi connectivity index (χ1) is 9.61. The average molecular weight is 277 g/mol. The number of hydrogen-bond acceptors (Lipinski definition) is 3. The lowest BCUT2D eigenvalue weighted by Gasteiger charge is -2.22. The molecular weight excluding hydrogens is 257 g/mol. The van der Waals surface area contributed by atoms with Gasteiger partial charge in [0.15, 0.2) is 11.6 Å². The maximum atomic E-state index is 13.6. The topological polar surface area (TPSA) is 39.1 Å². The maximum Gasteiger partial charge on any atom is 0.165 e. The zero-order valence-corrected chi connectivity index (χ0v) is 12.0. The summed E-state index contributed by atoms with van der Waals surface area (Å²) in [7, 11) is 1.46. The lowest BCUT2D eigenvalue weighted by molar-refractivity contribution is 0.364. The molecule has 2 aromatic rings. The number of aromatic nitrogens is 2. The number of nitrogens with one attached hydrogen (secondary N) is 1. The van der Waals surface area contributed by atoms with Gasteiger partial charge in [0.2, 0.25) is 0 Å². The largest absolute Gasteiger partial charge is 0.494 e. The van der Waals surface area contributed by atoms with Crippen molar-refractivity contribution in [1.82, 2.24) is 15.1 Å². The van der Waals surface area contributed by atoms with E-state index in [9.17, 15) is 4.39 Å². The Hall–Kier alpha value is -1.88. The minimum absolute atomic E-state index is 0.222. The third-order valence-corrected chi connectivity index (χ3v) is 3.51. The van der Waals surface area contributed by atoms with Crippen LogP contribution in [-0.2, 0) is 6.54 Å². The first-order valence-corrected chi connectivity index (χ1v) is 6.66. The summed E-state index contributed by atoms with van der Waals surface area (Å²) in [6.45, 7) is 4.79. The smallest absolute Gasteiger partial charge is 0.165 e. The van der Waals surface area contributed by atoms with Gasteiger partial charge in [-0.25, -0.2) is 4.39 Å². The van der Waals surface area contributed by atoms with E-state index < -0.39 is 0 Å². The lowest BCUT2D eigenvalue weighted by Crippen LogP contribution is -2.33. The summed E-state index contributed by atoms with van der Waals surface area (Å²) in [6.07, 6.45) is 3.71. The number of nitrogens with zero attached hydrogens (tertiary/aromatic N) is 2. The van der Waals surface area contributed by atoms with Crippen molar-refractivity contribution < 1.29 is 9.13 Å². The maximum absolute atomic E-state index is 13.6. The van der Waals surface area contributed by atoms with Crippen LogP contribution >= 0.6 is 0 Å². The Morgan fingerprint density at radius 3 is 2.80 bits per heavy atom. The van der Waals surface area contributed by atoms with Gasteiger partial charge in [-0.2, -0.15) is 5.10 Å². The van der Waals surface area contributed by atoms with Gasteiger partial charge in [0.25, 0.3) is 0 Å². The molecule has 5 heteroatoms. The molecule has 2 atom stereocenters. The van der Waals surface area contributed by atoms with Crippen molar-refractivity contribution in [2.75, 3.05) is 7.11 Å².